The fourth-order valence-corrected chi connectivity index (χ4v) is 2.38. The molecule has 0 aliphatic heterocycles. The molecular formula is C21H21N3O3. The van der Waals surface area contributed by atoms with Gasteiger partial charge >= 0.3 is 0 Å². The van der Waals surface area contributed by atoms with Gasteiger partial charge in [0.2, 0.25) is 0 Å². The summed E-state index contributed by atoms with van der Waals surface area (Å²) in [5, 5.41) is 5.97. The van der Waals surface area contributed by atoms with E-state index in [0.29, 0.717) is 36.0 Å². The largest absolute Gasteiger partial charge is 0.457 e. The monoisotopic (exact) mass is 363 g/mol. The second kappa shape index (κ2) is 9.35. The molecule has 0 fully saturated rings. The number of aromatic nitrogens is 1. The van der Waals surface area contributed by atoms with Gasteiger partial charge in [-0.25, -0.2) is 4.98 Å². The van der Waals surface area contributed by atoms with Crippen LogP contribution in [-0.2, 0) is 4.74 Å². The summed E-state index contributed by atoms with van der Waals surface area (Å²) in [4.78, 5) is 16.6. The number of nitrogens with one attached hydrogen (secondary N) is 2. The zero-order valence-electron chi connectivity index (χ0n) is 15.0. The van der Waals surface area contributed by atoms with E-state index in [9.17, 15) is 4.79 Å². The number of methoxy groups -OCH3 is 1. The molecule has 138 valence electrons. The molecule has 0 aliphatic carbocycles. The van der Waals surface area contributed by atoms with E-state index in [4.69, 9.17) is 9.47 Å². The molecule has 0 aliphatic rings. The van der Waals surface area contributed by atoms with Crippen LogP contribution in [0.15, 0.2) is 72.9 Å². The van der Waals surface area contributed by atoms with Crippen LogP contribution in [0.1, 0.15) is 10.4 Å². The number of amides is 1. The van der Waals surface area contributed by atoms with Gasteiger partial charge in [0.05, 0.1) is 6.61 Å². The van der Waals surface area contributed by atoms with E-state index in [2.05, 4.69) is 15.6 Å². The summed E-state index contributed by atoms with van der Waals surface area (Å²) in [6.45, 7) is 1.19. The number of carbonyl (C=O) groups excluding carboxylic acids is 1. The van der Waals surface area contributed by atoms with Crippen molar-refractivity contribution in [3.05, 3.63) is 78.5 Å². The van der Waals surface area contributed by atoms with Gasteiger partial charge in [0, 0.05) is 31.1 Å². The highest BCUT2D eigenvalue weighted by atomic mass is 16.5. The Bertz CT molecular complexity index is 867. The molecule has 1 heterocycles. The molecule has 0 atom stereocenters. The van der Waals surface area contributed by atoms with Gasteiger partial charge in [0.1, 0.15) is 17.3 Å². The minimum Gasteiger partial charge on any atom is -0.457 e. The van der Waals surface area contributed by atoms with Crippen molar-refractivity contribution in [3.8, 4) is 11.5 Å². The van der Waals surface area contributed by atoms with Crippen molar-refractivity contribution in [2.24, 2.45) is 0 Å². The summed E-state index contributed by atoms with van der Waals surface area (Å²) < 4.78 is 10.7. The molecule has 2 N–H and O–H groups in total. The predicted molar refractivity (Wildman–Crippen MR) is 106 cm³/mol. The first-order valence-electron chi connectivity index (χ1n) is 8.58. The molecule has 0 unspecified atom stereocenters. The van der Waals surface area contributed by atoms with E-state index in [1.165, 1.54) is 0 Å². The van der Waals surface area contributed by atoms with E-state index < -0.39 is 0 Å². The minimum atomic E-state index is -0.205. The Hall–Kier alpha value is -3.38. The van der Waals surface area contributed by atoms with Crippen molar-refractivity contribution in [2.45, 2.75) is 0 Å². The van der Waals surface area contributed by atoms with Gasteiger partial charge in [0.25, 0.3) is 5.91 Å². The first-order valence-corrected chi connectivity index (χ1v) is 8.58. The van der Waals surface area contributed by atoms with E-state index in [0.717, 1.165) is 5.75 Å². The van der Waals surface area contributed by atoms with Gasteiger partial charge in [-0.1, -0.05) is 18.2 Å². The van der Waals surface area contributed by atoms with Crippen molar-refractivity contribution in [1.29, 1.82) is 0 Å². The van der Waals surface area contributed by atoms with Crippen LogP contribution in [0.4, 0.5) is 11.5 Å². The molecule has 0 saturated heterocycles. The van der Waals surface area contributed by atoms with Crippen molar-refractivity contribution >= 4 is 17.4 Å². The van der Waals surface area contributed by atoms with Crippen molar-refractivity contribution in [1.82, 2.24) is 4.98 Å². The molecule has 3 aromatic rings. The van der Waals surface area contributed by atoms with Crippen LogP contribution in [0.25, 0.3) is 0 Å². The standard InChI is InChI=1S/C21H21N3O3/c1-26-14-13-23-20-15-16(11-12-22-20)21(25)24-17-7-9-19(10-8-17)27-18-5-3-2-4-6-18/h2-12,15H,13-14H2,1H3,(H,22,23)(H,24,25). The summed E-state index contributed by atoms with van der Waals surface area (Å²) in [5.74, 6) is 1.89. The van der Waals surface area contributed by atoms with Crippen LogP contribution in [0.5, 0.6) is 11.5 Å². The highest BCUT2D eigenvalue weighted by Crippen LogP contribution is 2.23. The SMILES string of the molecule is COCCNc1cc(C(=O)Nc2ccc(Oc3ccccc3)cc2)ccn1. The highest BCUT2D eigenvalue weighted by Gasteiger charge is 2.08. The van der Waals surface area contributed by atoms with E-state index in [1.54, 1.807) is 37.6 Å². The van der Waals surface area contributed by atoms with Crippen molar-refractivity contribution in [3.63, 3.8) is 0 Å². The lowest BCUT2D eigenvalue weighted by molar-refractivity contribution is 0.102. The third-order valence-corrected chi connectivity index (χ3v) is 3.73. The number of hydrogen-bond donors (Lipinski definition) is 2. The molecule has 0 radical (unpaired) electrons. The smallest absolute Gasteiger partial charge is 0.255 e. The number of para-hydroxylation sites is 1. The Morgan fingerprint density at radius 1 is 1.00 bits per heavy atom. The van der Waals surface area contributed by atoms with Crippen molar-refractivity contribution in [2.75, 3.05) is 30.9 Å². The van der Waals surface area contributed by atoms with Crippen LogP contribution >= 0.6 is 0 Å². The van der Waals surface area contributed by atoms with Gasteiger partial charge in [-0.2, -0.15) is 0 Å². The van der Waals surface area contributed by atoms with Gasteiger partial charge in [0.15, 0.2) is 0 Å². The van der Waals surface area contributed by atoms with E-state index in [-0.39, 0.29) is 5.91 Å². The number of nitrogens with zero attached hydrogens (tertiary/aromatic N) is 1. The van der Waals surface area contributed by atoms with Gasteiger partial charge in [-0.15, -0.1) is 0 Å². The molecule has 27 heavy (non-hydrogen) atoms. The lowest BCUT2D eigenvalue weighted by Crippen LogP contribution is -2.13. The molecule has 6 nitrogen and oxygen atoms in total. The maximum Gasteiger partial charge on any atom is 0.255 e. The molecule has 6 heteroatoms. The summed E-state index contributed by atoms with van der Waals surface area (Å²) in [5.41, 5.74) is 1.21. The Labute approximate surface area is 158 Å². The molecule has 0 saturated carbocycles. The van der Waals surface area contributed by atoms with Crippen LogP contribution < -0.4 is 15.4 Å². The molecule has 1 amide bonds. The summed E-state index contributed by atoms with van der Waals surface area (Å²) in [7, 11) is 1.63. The molecule has 0 bridgehead atoms. The predicted octanol–water partition coefficient (Wildman–Crippen LogP) is 4.18. The third kappa shape index (κ3) is 5.55. The second-order valence-corrected chi connectivity index (χ2v) is 5.74. The summed E-state index contributed by atoms with van der Waals surface area (Å²) in [6.07, 6.45) is 1.60. The average molecular weight is 363 g/mol. The number of hydrogen-bond acceptors (Lipinski definition) is 5. The maximum absolute atomic E-state index is 12.4. The number of ether oxygens (including phenoxy) is 2. The highest BCUT2D eigenvalue weighted by molar-refractivity contribution is 6.04. The van der Waals surface area contributed by atoms with E-state index in [1.807, 2.05) is 42.5 Å². The lowest BCUT2D eigenvalue weighted by Gasteiger charge is -2.09. The van der Waals surface area contributed by atoms with Gasteiger partial charge < -0.3 is 20.1 Å². The topological polar surface area (TPSA) is 72.5 Å². The number of carbonyl (C=O) groups is 1. The first kappa shape index (κ1) is 18.4. The Kier molecular flexibility index (Phi) is 6.38. The Morgan fingerprint density at radius 3 is 2.48 bits per heavy atom. The van der Waals surface area contributed by atoms with Crippen LogP contribution in [0.3, 0.4) is 0 Å². The lowest BCUT2D eigenvalue weighted by atomic mass is 10.2. The molecule has 2 aromatic carbocycles. The zero-order chi connectivity index (χ0) is 18.9. The number of anilines is 2. The quantitative estimate of drug-likeness (QED) is 0.587. The fourth-order valence-electron chi connectivity index (χ4n) is 2.38. The Morgan fingerprint density at radius 2 is 1.74 bits per heavy atom. The molecule has 3 rings (SSSR count). The molecule has 1 aromatic heterocycles. The maximum atomic E-state index is 12.4. The molecular weight excluding hydrogens is 342 g/mol. The van der Waals surface area contributed by atoms with Crippen LogP contribution in [-0.4, -0.2) is 31.2 Å². The number of benzene rings is 2. The van der Waals surface area contributed by atoms with Crippen LogP contribution in [0, 0.1) is 0 Å². The van der Waals surface area contributed by atoms with Crippen molar-refractivity contribution < 1.29 is 14.3 Å². The zero-order valence-corrected chi connectivity index (χ0v) is 15.0. The number of pyridine rings is 1. The fraction of sp³-hybridized carbons (Fsp3) is 0.143. The third-order valence-electron chi connectivity index (χ3n) is 3.73. The Balaban J connectivity index is 1.60. The average Bonchev–Trinajstić information content (AvgIpc) is 2.71. The number of rotatable bonds is 8. The first-order chi connectivity index (χ1) is 13.2. The molecule has 0 spiro atoms. The summed E-state index contributed by atoms with van der Waals surface area (Å²) in [6, 6.07) is 20.1. The summed E-state index contributed by atoms with van der Waals surface area (Å²) >= 11 is 0. The van der Waals surface area contributed by atoms with Gasteiger partial charge in [-0.05, 0) is 48.5 Å². The van der Waals surface area contributed by atoms with Gasteiger partial charge in [-0.3, -0.25) is 4.79 Å². The van der Waals surface area contributed by atoms with E-state index >= 15 is 0 Å². The minimum absolute atomic E-state index is 0.205. The van der Waals surface area contributed by atoms with Crippen LogP contribution in [0.2, 0.25) is 0 Å². The second-order valence-electron chi connectivity index (χ2n) is 5.74. The normalized spacial score (nSPS) is 10.3.